The van der Waals surface area contributed by atoms with Crippen molar-refractivity contribution < 1.29 is 37.3 Å². The molecule has 4 fully saturated rings. The molecule has 410 valence electrons. The number of aromatic amines is 1. The molecular weight excluding hydrogens is 1010 g/mol. The van der Waals surface area contributed by atoms with Gasteiger partial charge in [0.25, 0.3) is 17.7 Å². The number of aromatic nitrogens is 4. The summed E-state index contributed by atoms with van der Waals surface area (Å²) in [6.07, 6.45) is 11.4. The second-order valence-electron chi connectivity index (χ2n) is 22.3. The molecule has 19 heteroatoms. The Morgan fingerprint density at radius 1 is 1.00 bits per heavy atom. The highest BCUT2D eigenvalue weighted by Crippen LogP contribution is 2.54. The number of anilines is 2. The van der Waals surface area contributed by atoms with Crippen molar-refractivity contribution in [2.75, 3.05) is 63.5 Å². The molecule has 0 radical (unpaired) electrons. The molecule has 2 saturated carbocycles. The minimum atomic E-state index is -3.01. The number of carbonyl (C=O) groups is 1. The quantitative estimate of drug-likeness (QED) is 0.0583. The number of aliphatic hydroxyl groups is 1. The summed E-state index contributed by atoms with van der Waals surface area (Å²) in [5, 5.41) is 24.0. The van der Waals surface area contributed by atoms with E-state index in [0.717, 1.165) is 101 Å². The largest absolute Gasteiger partial charge is 0.758 e. The summed E-state index contributed by atoms with van der Waals surface area (Å²) < 4.78 is 64.5. The molecule has 6 heterocycles. The van der Waals surface area contributed by atoms with Crippen molar-refractivity contribution in [3.63, 3.8) is 0 Å². The lowest BCUT2D eigenvalue weighted by Gasteiger charge is -2.58. The van der Waals surface area contributed by atoms with Crippen LogP contribution in [-0.2, 0) is 12.5 Å². The van der Waals surface area contributed by atoms with Crippen LogP contribution in [0.15, 0.2) is 90.2 Å². The predicted octanol–water partition coefficient (Wildman–Crippen LogP) is 11.5. The Morgan fingerprint density at radius 3 is 2.49 bits per heavy atom. The van der Waals surface area contributed by atoms with Crippen LogP contribution in [-0.4, -0.2) is 106 Å². The third-order valence-corrected chi connectivity index (χ3v) is 17.1. The van der Waals surface area contributed by atoms with Gasteiger partial charge in [0.15, 0.2) is 5.75 Å². The van der Waals surface area contributed by atoms with Gasteiger partial charge in [-0.25, -0.2) is 9.37 Å². The van der Waals surface area contributed by atoms with Gasteiger partial charge in [-0.1, -0.05) is 38.1 Å². The van der Waals surface area contributed by atoms with Gasteiger partial charge in [0.1, 0.15) is 22.9 Å². The Bertz CT molecular complexity index is 3050. The molecule has 1 amide bonds. The zero-order chi connectivity index (χ0) is 54.2. The van der Waals surface area contributed by atoms with Gasteiger partial charge < -0.3 is 39.5 Å². The highest BCUT2D eigenvalue weighted by Gasteiger charge is 2.50. The topological polar surface area (TPSA) is 168 Å². The van der Waals surface area contributed by atoms with E-state index in [4.69, 9.17) is 14.2 Å². The molecule has 15 nitrogen and oxygen atoms in total. The van der Waals surface area contributed by atoms with Crippen molar-refractivity contribution in [2.45, 2.75) is 120 Å². The minimum Gasteiger partial charge on any atom is -0.758 e. The fraction of sp³-hybridized carbons (Fsp3) is 0.483. The van der Waals surface area contributed by atoms with Gasteiger partial charge in [0.2, 0.25) is 5.88 Å². The third-order valence-electron chi connectivity index (χ3n) is 16.4. The lowest BCUT2D eigenvalue weighted by Crippen LogP contribution is -2.60. The fourth-order valence-electron chi connectivity index (χ4n) is 11.9. The van der Waals surface area contributed by atoms with Gasteiger partial charge in [-0.05, 0) is 142 Å². The number of halogens is 3. The zero-order valence-corrected chi connectivity index (χ0v) is 45.5. The maximum Gasteiger partial charge on any atom is 0.286 e. The smallest absolute Gasteiger partial charge is 0.286 e. The van der Waals surface area contributed by atoms with Gasteiger partial charge in [-0.15, -0.1) is 0 Å². The van der Waals surface area contributed by atoms with Crippen LogP contribution in [0.1, 0.15) is 124 Å². The third kappa shape index (κ3) is 12.1. The van der Waals surface area contributed by atoms with E-state index in [1.165, 1.54) is 49.9 Å². The summed E-state index contributed by atoms with van der Waals surface area (Å²) in [6, 6.07) is 21.3. The number of piperidine rings is 1. The first kappa shape index (κ1) is 54.2. The van der Waals surface area contributed by atoms with Crippen LogP contribution in [0, 0.1) is 22.4 Å². The van der Waals surface area contributed by atoms with E-state index in [2.05, 4.69) is 77.5 Å². The number of rotatable bonds is 17. The van der Waals surface area contributed by atoms with E-state index in [1.807, 2.05) is 25.1 Å². The number of pyridine rings is 3. The van der Waals surface area contributed by atoms with Gasteiger partial charge in [-0.2, -0.15) is 13.8 Å². The molecule has 4 aromatic heterocycles. The number of alkyl halides is 2. The zero-order valence-electron chi connectivity index (χ0n) is 44.7. The van der Waals surface area contributed by atoms with Crippen LogP contribution in [0.5, 0.6) is 23.3 Å². The molecule has 2 saturated heterocycles. The Morgan fingerprint density at radius 2 is 1.77 bits per heavy atom. The van der Waals surface area contributed by atoms with Gasteiger partial charge in [-0.3, -0.25) is 24.3 Å². The lowest BCUT2D eigenvalue weighted by atomic mass is 9.59. The van der Waals surface area contributed by atoms with Crippen LogP contribution < -0.4 is 28.9 Å². The number of hydrogen-bond donors (Lipinski definition) is 3. The first-order valence-corrected chi connectivity index (χ1v) is 27.6. The average Bonchev–Trinajstić information content (AvgIpc) is 3.82. The Labute approximate surface area is 452 Å². The SMILES string of the molecule is COc1nc2[nH]cc(F)c2cc1Oc1cc(N2CCC3(CC2)CC(N2CCN(Cc4ccnc(C(C)(F)F)c4)CC2c2ccccc2C(C)C)C3)ccc1C(=O)NSc1cnc(OCC2CCC(C)(O)CC2)c(N(C)[O-])c1. The first-order valence-electron chi connectivity index (χ1n) is 26.8. The number of ether oxygens (including phenoxy) is 3. The Balaban J connectivity index is 0.833. The van der Waals surface area contributed by atoms with Crippen LogP contribution >= 0.6 is 11.9 Å². The van der Waals surface area contributed by atoms with E-state index in [0.29, 0.717) is 47.9 Å². The van der Waals surface area contributed by atoms with Crippen molar-refractivity contribution >= 4 is 40.3 Å². The Hall–Kier alpha value is -6.12. The van der Waals surface area contributed by atoms with Crippen LogP contribution in [0.25, 0.3) is 11.0 Å². The Kier molecular flexibility index (Phi) is 15.7. The second kappa shape index (κ2) is 22.3. The number of benzene rings is 2. The van der Waals surface area contributed by atoms with Crippen LogP contribution in [0.2, 0.25) is 0 Å². The van der Waals surface area contributed by atoms with Crippen molar-refractivity contribution in [1.29, 1.82) is 0 Å². The molecule has 3 N–H and O–H groups in total. The summed E-state index contributed by atoms with van der Waals surface area (Å²) in [4.78, 5) is 37.8. The van der Waals surface area contributed by atoms with E-state index in [-0.39, 0.29) is 68.6 Å². The van der Waals surface area contributed by atoms with E-state index < -0.39 is 23.2 Å². The van der Waals surface area contributed by atoms with Crippen LogP contribution in [0.4, 0.5) is 24.5 Å². The maximum absolute atomic E-state index is 14.9. The predicted molar refractivity (Wildman–Crippen MR) is 292 cm³/mol. The number of nitrogens with zero attached hydrogens (tertiary/aromatic N) is 7. The number of nitrogens with one attached hydrogen (secondary N) is 2. The fourth-order valence-corrected chi connectivity index (χ4v) is 12.5. The average molecular weight is 1080 g/mol. The number of hydrogen-bond acceptors (Lipinski definition) is 14. The molecule has 77 heavy (non-hydrogen) atoms. The van der Waals surface area contributed by atoms with E-state index in [9.17, 15) is 28.3 Å². The van der Waals surface area contributed by atoms with Crippen molar-refractivity contribution in [2.24, 2.45) is 11.3 Å². The summed E-state index contributed by atoms with van der Waals surface area (Å²) in [6.45, 7) is 12.3. The number of hydroxylamine groups is 1. The number of piperazine rings is 1. The van der Waals surface area contributed by atoms with E-state index >= 15 is 0 Å². The van der Waals surface area contributed by atoms with Gasteiger partial charge in [0, 0.05) is 99.6 Å². The first-order chi connectivity index (χ1) is 36.8. The molecule has 1 spiro atoms. The summed E-state index contributed by atoms with van der Waals surface area (Å²) in [5.41, 5.74) is 4.38. The highest BCUT2D eigenvalue weighted by molar-refractivity contribution is 7.98. The number of carbonyl (C=O) groups excluding carboxylic acids is 1. The molecule has 0 bridgehead atoms. The molecule has 4 aliphatic rings. The van der Waals surface area contributed by atoms with Crippen molar-refractivity contribution in [1.82, 2.24) is 34.5 Å². The van der Waals surface area contributed by atoms with Gasteiger partial charge in [0.05, 0.1) is 36.0 Å². The number of H-pyrrole nitrogens is 1. The minimum absolute atomic E-state index is 0.103. The monoisotopic (exact) mass is 1080 g/mol. The molecule has 6 aromatic rings. The summed E-state index contributed by atoms with van der Waals surface area (Å²) in [5.74, 6) is -2.79. The lowest BCUT2D eigenvalue weighted by molar-refractivity contribution is -0.0628. The van der Waals surface area contributed by atoms with Crippen molar-refractivity contribution in [3.05, 3.63) is 124 Å². The van der Waals surface area contributed by atoms with Crippen LogP contribution in [0.3, 0.4) is 0 Å². The second-order valence-corrected chi connectivity index (χ2v) is 23.2. The standard InChI is InChI=1S/C58H69F3N9O6S/c1-36(2)42-9-7-8-10-43(42)48-34-68(33-38-15-20-62-51(25-38)57(4,60)61)23-24-70(48)40-29-58(30-40)18-21-69(22-19-58)39-11-12-44(49(26-39)76-50-28-45-46(59)32-63-52(45)65-55(50)74-6)53(71)66-77-41-27-47(67(5)73)54(64-31-41)75-35-37-13-16-56(3,72)17-14-37/h7-12,15,20,25-28,31-32,36-37,40,48,72H,13-14,16-19,21-24,29-30,33-35H2,1-6H3,(H,63,65)(H,66,71)/q-1. The molecule has 1 atom stereocenters. The molecule has 1 unspecified atom stereocenters. The summed E-state index contributed by atoms with van der Waals surface area (Å²) in [7, 11) is 2.81. The highest BCUT2D eigenvalue weighted by atomic mass is 32.2. The normalized spacial score (nSPS) is 21.3. The molecular formula is C58H69F3N9O6S-. The maximum atomic E-state index is 14.9. The molecule has 10 rings (SSSR count). The van der Waals surface area contributed by atoms with Crippen molar-refractivity contribution in [3.8, 4) is 23.3 Å². The number of fused-ring (bicyclic) bond motifs is 1. The van der Waals surface area contributed by atoms with Gasteiger partial charge >= 0.3 is 0 Å². The molecule has 2 aliphatic heterocycles. The number of amides is 1. The summed E-state index contributed by atoms with van der Waals surface area (Å²) >= 11 is 0.992. The molecule has 2 aromatic carbocycles. The van der Waals surface area contributed by atoms with E-state index in [1.54, 1.807) is 18.2 Å². The number of methoxy groups -OCH3 is 1. The molecule has 2 aliphatic carbocycles.